The zero-order chi connectivity index (χ0) is 36.2. The quantitative estimate of drug-likeness (QED) is 0.198. The number of furan rings is 1. The Morgan fingerprint density at radius 2 is 1.02 bits per heavy atom. The van der Waals surface area contributed by atoms with E-state index in [1.54, 1.807) is 24.3 Å². The molecule has 0 unspecified atom stereocenters. The van der Waals surface area contributed by atoms with Gasteiger partial charge in [-0.15, -0.1) is 0 Å². The first kappa shape index (κ1) is 16.7. The Balaban J connectivity index is 1.50. The average molecular weight is 556 g/mol. The number of rotatable bonds is 3. The Kier molecular flexibility index (Phi) is 3.67. The lowest BCUT2D eigenvalue weighted by Crippen LogP contribution is -1.92. The van der Waals surface area contributed by atoms with E-state index in [2.05, 4.69) is 0 Å². The van der Waals surface area contributed by atoms with Crippen LogP contribution in [-0.4, -0.2) is 0 Å². The molecule has 43 heavy (non-hydrogen) atoms. The lowest BCUT2D eigenvalue weighted by atomic mass is 9.84. The number of hydrogen-bond donors (Lipinski definition) is 0. The summed E-state index contributed by atoms with van der Waals surface area (Å²) < 4.78 is 87.2. The van der Waals surface area contributed by atoms with Gasteiger partial charge < -0.3 is 4.42 Å². The van der Waals surface area contributed by atoms with E-state index in [9.17, 15) is 5.48 Å². The first-order chi connectivity index (χ1) is 25.1. The van der Waals surface area contributed by atoms with Crippen LogP contribution in [0.5, 0.6) is 0 Å². The van der Waals surface area contributed by atoms with Gasteiger partial charge in [0.15, 0.2) is 0 Å². The van der Waals surface area contributed by atoms with Gasteiger partial charge >= 0.3 is 0 Å². The van der Waals surface area contributed by atoms with Crippen LogP contribution in [0.4, 0.5) is 0 Å². The molecule has 0 saturated heterocycles. The summed E-state index contributed by atoms with van der Waals surface area (Å²) in [6.45, 7) is 0. The molecule has 1 heteroatoms. The molecule has 0 aliphatic rings. The minimum absolute atomic E-state index is 0.134. The van der Waals surface area contributed by atoms with Gasteiger partial charge in [-0.2, -0.15) is 0 Å². The van der Waals surface area contributed by atoms with Crippen LogP contribution in [0, 0.1) is 0 Å². The molecule has 0 amide bonds. The number of hydrogen-bond acceptors (Lipinski definition) is 1. The van der Waals surface area contributed by atoms with Crippen LogP contribution in [0.15, 0.2) is 162 Å². The smallest absolute Gasteiger partial charge is 0.136 e. The third-order valence-corrected chi connectivity index (χ3v) is 8.22. The fourth-order valence-corrected chi connectivity index (χ4v) is 6.41. The summed E-state index contributed by atoms with van der Waals surface area (Å²) in [5.74, 6) is 0. The molecule has 1 heterocycles. The van der Waals surface area contributed by atoms with Crippen molar-refractivity contribution >= 4 is 54.3 Å². The van der Waals surface area contributed by atoms with E-state index in [-0.39, 0.29) is 62.9 Å². The third kappa shape index (κ3) is 3.65. The number of fused-ring (bicyclic) bond motifs is 6. The van der Waals surface area contributed by atoms with Crippen molar-refractivity contribution < 1.29 is 16.8 Å². The Hall–Kier alpha value is -5.66. The molecule has 8 aromatic carbocycles. The van der Waals surface area contributed by atoms with E-state index in [0.717, 1.165) is 27.5 Å². The molecule has 0 radical (unpaired) electrons. The van der Waals surface area contributed by atoms with Gasteiger partial charge in [-0.25, -0.2) is 0 Å². The molecule has 9 rings (SSSR count). The van der Waals surface area contributed by atoms with Crippen molar-refractivity contribution in [2.24, 2.45) is 0 Å². The van der Waals surface area contributed by atoms with Gasteiger partial charge in [0, 0.05) is 10.8 Å². The second kappa shape index (κ2) is 9.44. The average Bonchev–Trinajstić information content (AvgIpc) is 3.56. The maximum absolute atomic E-state index is 9.34. The lowest BCUT2D eigenvalue weighted by molar-refractivity contribution is 0.669. The Bertz CT molecular complexity index is 2940. The molecule has 9 aromatic rings. The molecule has 0 N–H and O–H groups in total. The van der Waals surface area contributed by atoms with E-state index >= 15 is 0 Å². The van der Waals surface area contributed by atoms with Crippen LogP contribution in [0.2, 0.25) is 0 Å². The van der Waals surface area contributed by atoms with E-state index in [4.69, 9.17) is 11.3 Å². The number of para-hydroxylation sites is 1. The highest BCUT2D eigenvalue weighted by atomic mass is 16.3. The summed E-state index contributed by atoms with van der Waals surface area (Å²) in [6, 6.07) is 28.7. The normalized spacial score (nSPS) is 14.7. The van der Waals surface area contributed by atoms with Crippen molar-refractivity contribution in [3.8, 4) is 33.4 Å². The van der Waals surface area contributed by atoms with E-state index in [1.807, 2.05) is 78.9 Å². The van der Waals surface area contributed by atoms with Crippen molar-refractivity contribution in [2.45, 2.75) is 0 Å². The standard InChI is InChI=1S/C42H26O/c1-2-16-30-27(12-1)13-10-23-32(30)41-35-19-5-3-17-33(35)40(34-18-4-6-20-36(34)41)29-15-9-14-28(26-29)31-22-11-25-39-42(31)37-21-7-8-24-38(37)43-39/h1-26H/i3D,4D,5D,6D,13D,17D,18D,19D,20D. The van der Waals surface area contributed by atoms with Crippen LogP contribution in [-0.2, 0) is 0 Å². The predicted molar refractivity (Wildman–Crippen MR) is 183 cm³/mol. The molecule has 0 bridgehead atoms. The predicted octanol–water partition coefficient (Wildman–Crippen LogP) is 12.0. The molecular weight excluding hydrogens is 520 g/mol. The Morgan fingerprint density at radius 1 is 0.419 bits per heavy atom. The van der Waals surface area contributed by atoms with Crippen LogP contribution in [0.1, 0.15) is 12.3 Å². The zero-order valence-electron chi connectivity index (χ0n) is 31.7. The molecule has 0 saturated carbocycles. The summed E-state index contributed by atoms with van der Waals surface area (Å²) in [7, 11) is 0. The van der Waals surface area contributed by atoms with Gasteiger partial charge in [0.2, 0.25) is 0 Å². The highest BCUT2D eigenvalue weighted by Gasteiger charge is 2.19. The number of benzene rings is 8. The molecule has 0 fully saturated rings. The Morgan fingerprint density at radius 3 is 1.81 bits per heavy atom. The summed E-state index contributed by atoms with van der Waals surface area (Å²) in [5.41, 5.74) is 4.67. The summed E-state index contributed by atoms with van der Waals surface area (Å²) in [5, 5.41) is 3.61. The van der Waals surface area contributed by atoms with Crippen LogP contribution < -0.4 is 0 Å². The second-order valence-electron chi connectivity index (χ2n) is 10.5. The van der Waals surface area contributed by atoms with Crippen molar-refractivity contribution in [3.05, 3.63) is 158 Å². The zero-order valence-corrected chi connectivity index (χ0v) is 22.7. The molecule has 1 nitrogen and oxygen atoms in total. The van der Waals surface area contributed by atoms with Gasteiger partial charge in [0.25, 0.3) is 0 Å². The summed E-state index contributed by atoms with van der Waals surface area (Å²) in [6.07, 6.45) is 0. The lowest BCUT2D eigenvalue weighted by Gasteiger charge is -2.19. The van der Waals surface area contributed by atoms with Crippen LogP contribution in [0.25, 0.3) is 87.6 Å². The monoisotopic (exact) mass is 555 g/mol. The van der Waals surface area contributed by atoms with Crippen molar-refractivity contribution in [2.75, 3.05) is 0 Å². The van der Waals surface area contributed by atoms with E-state index in [1.165, 1.54) is 0 Å². The molecular formula is C42H26O. The van der Waals surface area contributed by atoms with Crippen molar-refractivity contribution in [1.82, 2.24) is 0 Å². The van der Waals surface area contributed by atoms with E-state index < -0.39 is 24.2 Å². The fourth-order valence-electron chi connectivity index (χ4n) is 6.41. The van der Waals surface area contributed by atoms with Gasteiger partial charge in [-0.1, -0.05) is 139 Å². The van der Waals surface area contributed by atoms with Gasteiger partial charge in [-0.05, 0) is 83.9 Å². The van der Waals surface area contributed by atoms with Gasteiger partial charge in [0.05, 0.1) is 12.3 Å². The maximum Gasteiger partial charge on any atom is 0.136 e. The van der Waals surface area contributed by atoms with Crippen LogP contribution in [0.3, 0.4) is 0 Å². The first-order valence-corrected chi connectivity index (χ1v) is 14.0. The highest BCUT2D eigenvalue weighted by Crippen LogP contribution is 2.46. The molecule has 0 atom stereocenters. The Labute approximate surface area is 261 Å². The molecule has 1 aromatic heterocycles. The topological polar surface area (TPSA) is 13.1 Å². The minimum atomic E-state index is -0.460. The largest absolute Gasteiger partial charge is 0.456 e. The highest BCUT2D eigenvalue weighted by molar-refractivity contribution is 6.23. The minimum Gasteiger partial charge on any atom is -0.456 e. The fraction of sp³-hybridized carbons (Fsp3) is 0. The molecule has 0 aliphatic heterocycles. The first-order valence-electron chi connectivity index (χ1n) is 18.5. The SMILES string of the molecule is [2H]c1c([2H])c([2H])c2c(-c3ccc([2H])c4ccccc34)c3c([2H])c([2H])c([2H])c([2H])c3c(-c3cccc(-c4cccc5oc6ccccc6c45)c3)c2c1[2H]. The van der Waals surface area contributed by atoms with Crippen LogP contribution >= 0.6 is 0 Å². The van der Waals surface area contributed by atoms with Crippen molar-refractivity contribution in [1.29, 1.82) is 0 Å². The van der Waals surface area contributed by atoms with E-state index in [0.29, 0.717) is 27.5 Å². The third-order valence-electron chi connectivity index (χ3n) is 8.22. The van der Waals surface area contributed by atoms with Gasteiger partial charge in [0.1, 0.15) is 11.2 Å². The maximum atomic E-state index is 9.34. The molecule has 0 spiro atoms. The molecule has 200 valence electrons. The van der Waals surface area contributed by atoms with Gasteiger partial charge in [-0.3, -0.25) is 0 Å². The second-order valence-corrected chi connectivity index (χ2v) is 10.5. The van der Waals surface area contributed by atoms with Crippen molar-refractivity contribution in [3.63, 3.8) is 0 Å². The summed E-state index contributed by atoms with van der Waals surface area (Å²) in [4.78, 5) is 0. The summed E-state index contributed by atoms with van der Waals surface area (Å²) >= 11 is 0. The molecule has 0 aliphatic carbocycles.